The fraction of sp³-hybridized carbons (Fsp3) is 0.393. The van der Waals surface area contributed by atoms with Crippen molar-refractivity contribution in [1.29, 1.82) is 0 Å². The van der Waals surface area contributed by atoms with Crippen LogP contribution in [0.25, 0.3) is 0 Å². The molecular weight excluding hydrogens is 440 g/mol. The molecule has 1 aliphatic heterocycles. The third kappa shape index (κ3) is 5.39. The molecule has 0 aliphatic carbocycles. The van der Waals surface area contributed by atoms with Gasteiger partial charge in [-0.1, -0.05) is 58.0 Å². The molecule has 0 spiro atoms. The number of aromatic amines is 1. The molecule has 4 rings (SSSR count). The van der Waals surface area contributed by atoms with Crippen molar-refractivity contribution in [1.82, 2.24) is 14.9 Å². The molecule has 184 valence electrons. The van der Waals surface area contributed by atoms with E-state index in [0.717, 1.165) is 33.8 Å². The predicted molar refractivity (Wildman–Crippen MR) is 138 cm³/mol. The summed E-state index contributed by atoms with van der Waals surface area (Å²) in [5, 5.41) is 3.16. The molecule has 2 amide bonds. The van der Waals surface area contributed by atoms with E-state index in [2.05, 4.69) is 50.1 Å². The Kier molecular flexibility index (Phi) is 7.24. The van der Waals surface area contributed by atoms with E-state index in [0.29, 0.717) is 30.8 Å². The number of urea groups is 1. The third-order valence-electron chi connectivity index (χ3n) is 6.52. The number of nitrogens with zero attached hydrogens (tertiary/aromatic N) is 2. The number of hydrogen-bond donors (Lipinski definition) is 2. The number of rotatable bonds is 6. The first kappa shape index (κ1) is 24.5. The standard InChI is InChI=1S/C28H34N4O3/c1-17(2)21-10-7-11-22(18(3)4)26(21)31-28(34)32-13-12-24-23(16-32)27(33)30-25(29-24)15-19-8-6-9-20(14-19)35-5/h6-11,14,17-18H,12-13,15-16H2,1-5H3,(H,31,34)(H,29,30,33). The van der Waals surface area contributed by atoms with E-state index >= 15 is 0 Å². The summed E-state index contributed by atoms with van der Waals surface area (Å²) in [7, 11) is 1.63. The van der Waals surface area contributed by atoms with Gasteiger partial charge in [0.2, 0.25) is 0 Å². The minimum Gasteiger partial charge on any atom is -0.497 e. The SMILES string of the molecule is COc1cccc(Cc2nc3c(c(=O)[nH]2)CN(C(=O)Nc2c(C(C)C)cccc2C(C)C)CC3)c1. The monoisotopic (exact) mass is 474 g/mol. The summed E-state index contributed by atoms with van der Waals surface area (Å²) >= 11 is 0. The maximum atomic E-state index is 13.3. The van der Waals surface area contributed by atoms with Gasteiger partial charge in [0.1, 0.15) is 11.6 Å². The number of aromatic nitrogens is 2. The Morgan fingerprint density at radius 1 is 1.11 bits per heavy atom. The van der Waals surface area contributed by atoms with Crippen molar-refractivity contribution in [3.8, 4) is 5.75 Å². The lowest BCUT2D eigenvalue weighted by Crippen LogP contribution is -2.42. The van der Waals surface area contributed by atoms with E-state index < -0.39 is 0 Å². The van der Waals surface area contributed by atoms with E-state index in [4.69, 9.17) is 9.72 Å². The summed E-state index contributed by atoms with van der Waals surface area (Å²) in [5.41, 5.74) is 5.26. The van der Waals surface area contributed by atoms with Gasteiger partial charge in [-0.2, -0.15) is 0 Å². The van der Waals surface area contributed by atoms with E-state index in [1.165, 1.54) is 0 Å². The largest absolute Gasteiger partial charge is 0.497 e. The second kappa shape index (κ2) is 10.3. The highest BCUT2D eigenvalue weighted by Crippen LogP contribution is 2.33. The first-order chi connectivity index (χ1) is 16.8. The Morgan fingerprint density at radius 3 is 2.46 bits per heavy atom. The third-order valence-corrected chi connectivity index (χ3v) is 6.52. The number of nitrogens with one attached hydrogen (secondary N) is 2. The minimum atomic E-state index is -0.189. The summed E-state index contributed by atoms with van der Waals surface area (Å²) in [6.45, 7) is 9.25. The number of ether oxygens (including phenoxy) is 1. The van der Waals surface area contributed by atoms with Crippen LogP contribution in [0.5, 0.6) is 5.75 Å². The quantitative estimate of drug-likeness (QED) is 0.514. The Labute approximate surface area is 206 Å². The molecule has 0 radical (unpaired) electrons. The van der Waals surface area contributed by atoms with E-state index in [1.807, 2.05) is 30.3 Å². The molecule has 0 fully saturated rings. The maximum Gasteiger partial charge on any atom is 0.322 e. The molecule has 1 aliphatic rings. The number of anilines is 1. The molecule has 3 aromatic rings. The number of carbonyl (C=O) groups excluding carboxylic acids is 1. The molecule has 0 bridgehead atoms. The number of methoxy groups -OCH3 is 1. The average molecular weight is 475 g/mol. The highest BCUT2D eigenvalue weighted by atomic mass is 16.5. The van der Waals surface area contributed by atoms with Gasteiger partial charge in [-0.25, -0.2) is 9.78 Å². The summed E-state index contributed by atoms with van der Waals surface area (Å²) in [6.07, 6.45) is 1.05. The molecular formula is C28H34N4O3. The van der Waals surface area contributed by atoms with Crippen molar-refractivity contribution >= 4 is 11.7 Å². The molecule has 0 saturated carbocycles. The predicted octanol–water partition coefficient (Wildman–Crippen LogP) is 5.21. The van der Waals surface area contributed by atoms with Crippen molar-refractivity contribution in [3.05, 3.63) is 86.6 Å². The zero-order valence-corrected chi connectivity index (χ0v) is 21.1. The fourth-order valence-electron chi connectivity index (χ4n) is 4.59. The van der Waals surface area contributed by atoms with Gasteiger partial charge in [0.05, 0.1) is 24.9 Å². The van der Waals surface area contributed by atoms with Crippen molar-refractivity contribution in [2.45, 2.75) is 58.9 Å². The Bertz CT molecular complexity index is 1250. The van der Waals surface area contributed by atoms with Crippen molar-refractivity contribution in [3.63, 3.8) is 0 Å². The first-order valence-corrected chi connectivity index (χ1v) is 12.2. The second-order valence-corrected chi connectivity index (χ2v) is 9.69. The molecule has 1 aromatic heterocycles. The van der Waals surface area contributed by atoms with E-state index in [1.54, 1.807) is 12.0 Å². The normalized spacial score (nSPS) is 13.2. The summed E-state index contributed by atoms with van der Waals surface area (Å²) in [4.78, 5) is 35.5. The number of para-hydroxylation sites is 1. The number of amides is 2. The van der Waals surface area contributed by atoms with E-state index in [9.17, 15) is 9.59 Å². The molecule has 2 aromatic carbocycles. The average Bonchev–Trinajstić information content (AvgIpc) is 2.83. The highest BCUT2D eigenvalue weighted by molar-refractivity contribution is 5.91. The van der Waals surface area contributed by atoms with Crippen molar-refractivity contribution in [2.24, 2.45) is 0 Å². The Morgan fingerprint density at radius 2 is 1.80 bits per heavy atom. The van der Waals surface area contributed by atoms with E-state index in [-0.39, 0.29) is 30.0 Å². The van der Waals surface area contributed by atoms with Crippen LogP contribution < -0.4 is 15.6 Å². The maximum absolute atomic E-state index is 13.3. The number of H-pyrrole nitrogens is 1. The topological polar surface area (TPSA) is 87.3 Å². The van der Waals surface area contributed by atoms with Crippen LogP contribution >= 0.6 is 0 Å². The van der Waals surface area contributed by atoms with Gasteiger partial charge < -0.3 is 19.9 Å². The summed E-state index contributed by atoms with van der Waals surface area (Å²) in [6, 6.07) is 13.7. The second-order valence-electron chi connectivity index (χ2n) is 9.69. The van der Waals surface area contributed by atoms with Crippen LogP contribution in [0.2, 0.25) is 0 Å². The molecule has 35 heavy (non-hydrogen) atoms. The fourth-order valence-corrected chi connectivity index (χ4v) is 4.59. The lowest BCUT2D eigenvalue weighted by molar-refractivity contribution is 0.205. The smallest absolute Gasteiger partial charge is 0.322 e. The molecule has 0 unspecified atom stereocenters. The van der Waals surface area contributed by atoms with Gasteiger partial charge >= 0.3 is 6.03 Å². The lowest BCUT2D eigenvalue weighted by Gasteiger charge is -2.29. The molecule has 2 N–H and O–H groups in total. The van der Waals surface area contributed by atoms with Crippen molar-refractivity contribution < 1.29 is 9.53 Å². The minimum absolute atomic E-state index is 0.184. The zero-order valence-electron chi connectivity index (χ0n) is 21.1. The lowest BCUT2D eigenvalue weighted by atomic mass is 9.92. The Balaban J connectivity index is 1.53. The van der Waals surface area contributed by atoms with Crippen LogP contribution in [0, 0.1) is 0 Å². The van der Waals surface area contributed by atoms with Crippen molar-refractivity contribution in [2.75, 3.05) is 19.0 Å². The molecule has 2 heterocycles. The zero-order chi connectivity index (χ0) is 25.1. The van der Waals surface area contributed by atoms with Gasteiger partial charge in [0.25, 0.3) is 5.56 Å². The van der Waals surface area contributed by atoms with Crippen LogP contribution in [-0.2, 0) is 19.4 Å². The first-order valence-electron chi connectivity index (χ1n) is 12.2. The van der Waals surface area contributed by atoms with Crippen LogP contribution in [-0.4, -0.2) is 34.6 Å². The molecule has 0 saturated heterocycles. The summed E-state index contributed by atoms with van der Waals surface area (Å²) in [5.74, 6) is 1.94. The summed E-state index contributed by atoms with van der Waals surface area (Å²) < 4.78 is 5.29. The van der Waals surface area contributed by atoms with Crippen LogP contribution in [0.3, 0.4) is 0 Å². The number of benzene rings is 2. The van der Waals surface area contributed by atoms with Crippen LogP contribution in [0.4, 0.5) is 10.5 Å². The van der Waals surface area contributed by atoms with Crippen LogP contribution in [0.1, 0.15) is 73.3 Å². The molecule has 7 nitrogen and oxygen atoms in total. The number of carbonyl (C=O) groups is 1. The van der Waals surface area contributed by atoms with Crippen LogP contribution in [0.15, 0.2) is 47.3 Å². The molecule has 0 atom stereocenters. The number of hydrogen-bond acceptors (Lipinski definition) is 4. The highest BCUT2D eigenvalue weighted by Gasteiger charge is 2.26. The van der Waals surface area contributed by atoms with Gasteiger partial charge in [0, 0.05) is 25.1 Å². The van der Waals surface area contributed by atoms with Gasteiger partial charge in [-0.3, -0.25) is 4.79 Å². The Hall–Kier alpha value is -3.61. The van der Waals surface area contributed by atoms with Gasteiger partial charge in [-0.05, 0) is 40.7 Å². The number of fused-ring (bicyclic) bond motifs is 1. The molecule has 7 heteroatoms. The van der Waals surface area contributed by atoms with Gasteiger partial charge in [0.15, 0.2) is 0 Å². The van der Waals surface area contributed by atoms with Gasteiger partial charge in [-0.15, -0.1) is 0 Å².